The van der Waals surface area contributed by atoms with Crippen LogP contribution in [0.25, 0.3) is 10.9 Å². The van der Waals surface area contributed by atoms with Gasteiger partial charge in [0, 0.05) is 17.1 Å². The van der Waals surface area contributed by atoms with Crippen molar-refractivity contribution in [1.29, 1.82) is 0 Å². The number of rotatable bonds is 5. The number of nitrogens with zero attached hydrogens (tertiary/aromatic N) is 2. The fourth-order valence-corrected chi connectivity index (χ4v) is 3.40. The van der Waals surface area contributed by atoms with Crippen LogP contribution >= 0.6 is 36.4 Å². The van der Waals surface area contributed by atoms with Gasteiger partial charge in [-0.2, -0.15) is 0 Å². The minimum Gasteiger partial charge on any atom is -0.493 e. The molecule has 1 aliphatic heterocycles. The van der Waals surface area contributed by atoms with Crippen molar-refractivity contribution in [3.8, 4) is 11.5 Å². The molecule has 2 aromatic carbocycles. The van der Waals surface area contributed by atoms with Crippen molar-refractivity contribution in [2.24, 2.45) is 0 Å². The van der Waals surface area contributed by atoms with Crippen molar-refractivity contribution in [1.82, 2.24) is 15.3 Å². The standard InChI is InChI=1S/C20H20ClFN4O2.2ClH/c1-27-18-10-17-14(9-19(18)28-13-4-6-23-7-5-13)20(25-11-24-17)26-12-2-3-16(22)15(21)8-12;;/h2-3,8-11,13,23H,4-7H2,1H3,(H,24,25,26);2*1H. The van der Waals surface area contributed by atoms with Crippen LogP contribution in [0.1, 0.15) is 12.8 Å². The maximum Gasteiger partial charge on any atom is 0.162 e. The smallest absolute Gasteiger partial charge is 0.162 e. The van der Waals surface area contributed by atoms with E-state index >= 15 is 0 Å². The highest BCUT2D eigenvalue weighted by molar-refractivity contribution is 6.31. The van der Waals surface area contributed by atoms with E-state index in [-0.39, 0.29) is 35.9 Å². The predicted octanol–water partition coefficient (Wildman–Crippen LogP) is 5.15. The van der Waals surface area contributed by atoms with E-state index in [2.05, 4.69) is 20.6 Å². The largest absolute Gasteiger partial charge is 0.493 e. The number of anilines is 2. The van der Waals surface area contributed by atoms with Gasteiger partial charge in [0.25, 0.3) is 0 Å². The summed E-state index contributed by atoms with van der Waals surface area (Å²) in [6, 6.07) is 8.13. The van der Waals surface area contributed by atoms with Crippen molar-refractivity contribution >= 4 is 58.8 Å². The number of hydrogen-bond donors (Lipinski definition) is 2. The van der Waals surface area contributed by atoms with Gasteiger partial charge in [0.15, 0.2) is 11.5 Å². The molecule has 1 saturated heterocycles. The minimum absolute atomic E-state index is 0. The number of aromatic nitrogens is 2. The first-order valence-electron chi connectivity index (χ1n) is 9.06. The van der Waals surface area contributed by atoms with Crippen LogP contribution in [0.4, 0.5) is 15.9 Å². The number of benzene rings is 2. The second-order valence-corrected chi connectivity index (χ2v) is 6.97. The SMILES string of the molecule is COc1cc2ncnc(Nc3ccc(F)c(Cl)c3)c2cc1OC1CCNCC1.Cl.Cl. The zero-order chi connectivity index (χ0) is 19.5. The van der Waals surface area contributed by atoms with E-state index in [1.807, 2.05) is 12.1 Å². The van der Waals surface area contributed by atoms with E-state index in [0.717, 1.165) is 31.3 Å². The molecular weight excluding hydrogens is 454 g/mol. The molecule has 0 unspecified atom stereocenters. The molecular formula is C20H22Cl3FN4O2. The Labute approximate surface area is 191 Å². The van der Waals surface area contributed by atoms with Crippen LogP contribution in [0, 0.1) is 5.82 Å². The van der Waals surface area contributed by atoms with E-state index in [9.17, 15) is 4.39 Å². The fourth-order valence-electron chi connectivity index (χ4n) is 3.22. The number of hydrogen-bond acceptors (Lipinski definition) is 6. The Kier molecular flexibility index (Phi) is 8.73. The van der Waals surface area contributed by atoms with Crippen LogP contribution < -0.4 is 20.1 Å². The number of fused-ring (bicyclic) bond motifs is 1. The van der Waals surface area contributed by atoms with Gasteiger partial charge in [-0.05, 0) is 50.2 Å². The molecule has 30 heavy (non-hydrogen) atoms. The van der Waals surface area contributed by atoms with Crippen molar-refractivity contribution in [2.45, 2.75) is 18.9 Å². The molecule has 1 fully saturated rings. The predicted molar refractivity (Wildman–Crippen MR) is 122 cm³/mol. The Morgan fingerprint density at radius 1 is 1.10 bits per heavy atom. The first-order chi connectivity index (χ1) is 13.6. The van der Waals surface area contributed by atoms with Crippen LogP contribution in [-0.2, 0) is 0 Å². The number of nitrogens with one attached hydrogen (secondary N) is 2. The summed E-state index contributed by atoms with van der Waals surface area (Å²) in [6.07, 6.45) is 3.46. The third kappa shape index (κ3) is 5.35. The molecule has 0 spiro atoms. The summed E-state index contributed by atoms with van der Waals surface area (Å²) in [5.41, 5.74) is 1.34. The monoisotopic (exact) mass is 474 g/mol. The number of ether oxygens (including phenoxy) is 2. The maximum atomic E-state index is 13.4. The molecule has 0 radical (unpaired) electrons. The van der Waals surface area contributed by atoms with Crippen LogP contribution in [0.3, 0.4) is 0 Å². The first kappa shape index (κ1) is 24.2. The molecule has 0 bridgehead atoms. The normalized spacial score (nSPS) is 13.8. The van der Waals surface area contributed by atoms with E-state index < -0.39 is 5.82 Å². The van der Waals surface area contributed by atoms with Crippen molar-refractivity contribution < 1.29 is 13.9 Å². The average Bonchev–Trinajstić information content (AvgIpc) is 2.71. The van der Waals surface area contributed by atoms with Gasteiger partial charge in [-0.1, -0.05) is 11.6 Å². The van der Waals surface area contributed by atoms with Gasteiger partial charge >= 0.3 is 0 Å². The maximum absolute atomic E-state index is 13.4. The minimum atomic E-state index is -0.470. The summed E-state index contributed by atoms with van der Waals surface area (Å²) in [5.74, 6) is 1.38. The zero-order valence-corrected chi connectivity index (χ0v) is 18.5. The van der Waals surface area contributed by atoms with Gasteiger partial charge < -0.3 is 20.1 Å². The van der Waals surface area contributed by atoms with Crippen molar-refractivity contribution in [2.75, 3.05) is 25.5 Å². The number of piperidine rings is 1. The molecule has 0 saturated carbocycles. The third-order valence-corrected chi connectivity index (χ3v) is 4.97. The lowest BCUT2D eigenvalue weighted by Gasteiger charge is -2.25. The van der Waals surface area contributed by atoms with E-state index in [1.54, 1.807) is 13.2 Å². The second-order valence-electron chi connectivity index (χ2n) is 6.56. The van der Waals surface area contributed by atoms with Crippen LogP contribution in [0.5, 0.6) is 11.5 Å². The summed E-state index contributed by atoms with van der Waals surface area (Å²) >= 11 is 5.88. The highest BCUT2D eigenvalue weighted by atomic mass is 35.5. The van der Waals surface area contributed by atoms with Gasteiger partial charge in [0.05, 0.1) is 17.6 Å². The number of methoxy groups -OCH3 is 1. The van der Waals surface area contributed by atoms with Gasteiger partial charge in [0.1, 0.15) is 24.1 Å². The van der Waals surface area contributed by atoms with Crippen molar-refractivity contribution in [3.05, 3.63) is 47.5 Å². The Morgan fingerprint density at radius 2 is 1.87 bits per heavy atom. The lowest BCUT2D eigenvalue weighted by molar-refractivity contribution is 0.157. The molecule has 162 valence electrons. The highest BCUT2D eigenvalue weighted by Gasteiger charge is 2.18. The Hall–Kier alpha value is -2.06. The van der Waals surface area contributed by atoms with E-state index in [1.165, 1.54) is 18.5 Å². The fraction of sp³-hybridized carbons (Fsp3) is 0.300. The summed E-state index contributed by atoms with van der Waals surface area (Å²) < 4.78 is 25.1. The molecule has 6 nitrogen and oxygen atoms in total. The lowest BCUT2D eigenvalue weighted by Crippen LogP contribution is -2.34. The van der Waals surface area contributed by atoms with E-state index in [4.69, 9.17) is 21.1 Å². The molecule has 0 atom stereocenters. The Balaban J connectivity index is 0.00000160. The summed E-state index contributed by atoms with van der Waals surface area (Å²) in [5, 5.41) is 7.31. The summed E-state index contributed by atoms with van der Waals surface area (Å²) in [7, 11) is 1.61. The summed E-state index contributed by atoms with van der Waals surface area (Å²) in [6.45, 7) is 1.86. The zero-order valence-electron chi connectivity index (χ0n) is 16.2. The van der Waals surface area contributed by atoms with Gasteiger partial charge in [-0.15, -0.1) is 24.8 Å². The molecule has 3 aromatic rings. The highest BCUT2D eigenvalue weighted by Crippen LogP contribution is 2.36. The quantitative estimate of drug-likeness (QED) is 0.532. The second kappa shape index (κ2) is 10.8. The topological polar surface area (TPSA) is 68.3 Å². The Morgan fingerprint density at radius 3 is 2.57 bits per heavy atom. The van der Waals surface area contributed by atoms with Crippen LogP contribution in [0.2, 0.25) is 5.02 Å². The van der Waals surface area contributed by atoms with E-state index in [0.29, 0.717) is 28.5 Å². The van der Waals surface area contributed by atoms with Crippen LogP contribution in [0.15, 0.2) is 36.7 Å². The number of halogens is 4. The molecule has 0 amide bonds. The lowest BCUT2D eigenvalue weighted by atomic mass is 10.1. The molecule has 1 aliphatic rings. The van der Waals surface area contributed by atoms with Gasteiger partial charge in [-0.3, -0.25) is 0 Å². The van der Waals surface area contributed by atoms with Gasteiger partial charge in [-0.25, -0.2) is 14.4 Å². The molecule has 2 N–H and O–H groups in total. The van der Waals surface area contributed by atoms with Gasteiger partial charge in [0.2, 0.25) is 0 Å². The Bertz CT molecular complexity index is 1000. The average molecular weight is 476 g/mol. The van der Waals surface area contributed by atoms with Crippen molar-refractivity contribution in [3.63, 3.8) is 0 Å². The molecule has 4 rings (SSSR count). The third-order valence-electron chi connectivity index (χ3n) is 4.68. The van der Waals surface area contributed by atoms with Crippen LogP contribution in [-0.4, -0.2) is 36.3 Å². The molecule has 1 aromatic heterocycles. The first-order valence-corrected chi connectivity index (χ1v) is 9.44. The molecule has 2 heterocycles. The molecule has 10 heteroatoms. The molecule has 0 aliphatic carbocycles. The summed E-state index contributed by atoms with van der Waals surface area (Å²) in [4.78, 5) is 8.66.